The summed E-state index contributed by atoms with van der Waals surface area (Å²) in [5, 5.41) is 10.2. The lowest BCUT2D eigenvalue weighted by atomic mass is 10.0. The van der Waals surface area contributed by atoms with Crippen LogP contribution in [0.2, 0.25) is 0 Å². The number of aliphatic hydroxyl groups is 1. The Balaban J connectivity index is 2.76. The van der Waals surface area contributed by atoms with Gasteiger partial charge in [0.25, 0.3) is 0 Å². The quantitative estimate of drug-likeness (QED) is 0.684. The first-order valence-corrected chi connectivity index (χ1v) is 4.72. The first-order valence-electron chi connectivity index (χ1n) is 4.72. The lowest BCUT2D eigenvalue weighted by Gasteiger charge is -2.33. The second-order valence-electron chi connectivity index (χ2n) is 3.74. The Kier molecular flexibility index (Phi) is 3.63. The molecule has 0 amide bonds. The van der Waals surface area contributed by atoms with Gasteiger partial charge in [-0.15, -0.1) is 0 Å². The van der Waals surface area contributed by atoms with E-state index in [1.165, 1.54) is 0 Å². The Labute approximate surface area is 85.2 Å². The molecule has 3 nitrogen and oxygen atoms in total. The third-order valence-corrected chi connectivity index (χ3v) is 2.49. The zero-order valence-electron chi connectivity index (χ0n) is 8.77. The molecule has 0 saturated heterocycles. The van der Waals surface area contributed by atoms with Crippen LogP contribution in [0.15, 0.2) is 30.3 Å². The molecule has 1 rings (SSSR count). The van der Waals surface area contributed by atoms with E-state index in [9.17, 15) is 5.11 Å². The lowest BCUT2D eigenvalue weighted by molar-refractivity contribution is -0.0729. The average Bonchev–Trinajstić information content (AvgIpc) is 2.19. The van der Waals surface area contributed by atoms with Gasteiger partial charge in [-0.05, 0) is 19.7 Å². The van der Waals surface area contributed by atoms with Crippen molar-refractivity contribution in [3.05, 3.63) is 35.9 Å². The summed E-state index contributed by atoms with van der Waals surface area (Å²) >= 11 is 0. The highest BCUT2D eigenvalue weighted by Gasteiger charge is 2.27. The van der Waals surface area contributed by atoms with Crippen LogP contribution in [0.25, 0.3) is 0 Å². The van der Waals surface area contributed by atoms with Gasteiger partial charge in [-0.3, -0.25) is 4.90 Å². The average molecular weight is 194 g/mol. The molecule has 1 aromatic rings. The summed E-state index contributed by atoms with van der Waals surface area (Å²) in [5.41, 5.74) is 5.71. The summed E-state index contributed by atoms with van der Waals surface area (Å²) in [6.07, 6.45) is 0.553. The Morgan fingerprint density at radius 1 is 1.29 bits per heavy atom. The minimum absolute atomic E-state index is 0.231. The molecule has 0 saturated carbocycles. The van der Waals surface area contributed by atoms with Crippen LogP contribution in [0.5, 0.6) is 0 Å². The third-order valence-electron chi connectivity index (χ3n) is 2.49. The Morgan fingerprint density at radius 3 is 2.29 bits per heavy atom. The SMILES string of the molecule is CN(C)C(O)(CN)Cc1ccccc1. The monoisotopic (exact) mass is 194 g/mol. The van der Waals surface area contributed by atoms with Gasteiger partial charge in [-0.1, -0.05) is 30.3 Å². The van der Waals surface area contributed by atoms with E-state index in [4.69, 9.17) is 5.73 Å². The first-order chi connectivity index (χ1) is 6.58. The van der Waals surface area contributed by atoms with Gasteiger partial charge < -0.3 is 10.8 Å². The standard InChI is InChI=1S/C11H18N2O/c1-13(2)11(14,9-12)8-10-6-4-3-5-7-10/h3-7,14H,8-9,12H2,1-2H3. The van der Waals surface area contributed by atoms with Crippen molar-refractivity contribution >= 4 is 0 Å². The van der Waals surface area contributed by atoms with E-state index in [1.54, 1.807) is 4.90 Å². The molecule has 0 bridgehead atoms. The van der Waals surface area contributed by atoms with Gasteiger partial charge in [-0.25, -0.2) is 0 Å². The summed E-state index contributed by atoms with van der Waals surface area (Å²) in [6.45, 7) is 0.231. The fourth-order valence-electron chi connectivity index (χ4n) is 1.34. The predicted molar refractivity (Wildman–Crippen MR) is 57.8 cm³/mol. The molecule has 0 spiro atoms. The fourth-order valence-corrected chi connectivity index (χ4v) is 1.34. The van der Waals surface area contributed by atoms with Crippen molar-refractivity contribution in [1.29, 1.82) is 0 Å². The summed E-state index contributed by atoms with van der Waals surface area (Å²) in [6, 6.07) is 9.86. The molecule has 1 unspecified atom stereocenters. The highest BCUT2D eigenvalue weighted by Crippen LogP contribution is 2.14. The van der Waals surface area contributed by atoms with Gasteiger partial charge in [-0.2, -0.15) is 0 Å². The molecule has 1 aromatic carbocycles. The molecule has 3 N–H and O–H groups in total. The highest BCUT2D eigenvalue weighted by atomic mass is 16.3. The molecule has 3 heteroatoms. The third kappa shape index (κ3) is 2.54. The van der Waals surface area contributed by atoms with Crippen LogP contribution >= 0.6 is 0 Å². The van der Waals surface area contributed by atoms with E-state index in [0.717, 1.165) is 5.56 Å². The molecule has 0 heterocycles. The van der Waals surface area contributed by atoms with E-state index in [0.29, 0.717) is 6.42 Å². The van der Waals surface area contributed by atoms with Crippen molar-refractivity contribution in [2.75, 3.05) is 20.6 Å². The first kappa shape index (κ1) is 11.2. The Hall–Kier alpha value is -0.900. The molecule has 0 radical (unpaired) electrons. The molecular formula is C11H18N2O. The summed E-state index contributed by atoms with van der Waals surface area (Å²) in [7, 11) is 3.66. The number of rotatable bonds is 4. The number of benzene rings is 1. The van der Waals surface area contributed by atoms with E-state index >= 15 is 0 Å². The topological polar surface area (TPSA) is 49.5 Å². The molecule has 0 aliphatic carbocycles. The number of nitrogens with two attached hydrogens (primary N) is 1. The number of hydrogen-bond donors (Lipinski definition) is 2. The van der Waals surface area contributed by atoms with Crippen LogP contribution in [-0.4, -0.2) is 36.4 Å². The van der Waals surface area contributed by atoms with Crippen molar-refractivity contribution < 1.29 is 5.11 Å². The van der Waals surface area contributed by atoms with Crippen LogP contribution in [0, 0.1) is 0 Å². The fraction of sp³-hybridized carbons (Fsp3) is 0.455. The van der Waals surface area contributed by atoms with Gasteiger partial charge in [0, 0.05) is 13.0 Å². The van der Waals surface area contributed by atoms with Crippen LogP contribution in [0.1, 0.15) is 5.56 Å². The Morgan fingerprint density at radius 2 is 1.86 bits per heavy atom. The van der Waals surface area contributed by atoms with Crippen molar-refractivity contribution in [1.82, 2.24) is 4.90 Å². The predicted octanol–water partition coefficient (Wildman–Crippen LogP) is 0.438. The van der Waals surface area contributed by atoms with Crippen molar-refractivity contribution in [3.63, 3.8) is 0 Å². The van der Waals surface area contributed by atoms with Gasteiger partial charge >= 0.3 is 0 Å². The van der Waals surface area contributed by atoms with E-state index < -0.39 is 5.72 Å². The van der Waals surface area contributed by atoms with E-state index in [2.05, 4.69) is 0 Å². The molecule has 78 valence electrons. The zero-order chi connectivity index (χ0) is 10.6. The summed E-state index contributed by atoms with van der Waals surface area (Å²) in [4.78, 5) is 1.75. The van der Waals surface area contributed by atoms with Gasteiger partial charge in [0.1, 0.15) is 5.72 Å². The maximum Gasteiger partial charge on any atom is 0.134 e. The largest absolute Gasteiger partial charge is 0.374 e. The molecule has 0 aromatic heterocycles. The smallest absolute Gasteiger partial charge is 0.134 e. The number of hydrogen-bond acceptors (Lipinski definition) is 3. The van der Waals surface area contributed by atoms with Crippen LogP contribution < -0.4 is 5.73 Å². The number of likely N-dealkylation sites (N-methyl/N-ethyl adjacent to an activating group) is 1. The Bertz CT molecular complexity index is 274. The molecule has 14 heavy (non-hydrogen) atoms. The van der Waals surface area contributed by atoms with Crippen molar-refractivity contribution in [3.8, 4) is 0 Å². The maximum absolute atomic E-state index is 10.2. The van der Waals surface area contributed by atoms with Gasteiger partial charge in [0.15, 0.2) is 0 Å². The summed E-state index contributed by atoms with van der Waals surface area (Å²) in [5.74, 6) is 0. The minimum Gasteiger partial charge on any atom is -0.374 e. The minimum atomic E-state index is -0.943. The zero-order valence-corrected chi connectivity index (χ0v) is 8.77. The maximum atomic E-state index is 10.2. The molecule has 0 aliphatic heterocycles. The van der Waals surface area contributed by atoms with Crippen molar-refractivity contribution in [2.45, 2.75) is 12.1 Å². The molecule has 0 aliphatic rings. The molecule has 1 atom stereocenters. The second kappa shape index (κ2) is 4.55. The second-order valence-corrected chi connectivity index (χ2v) is 3.74. The normalized spacial score (nSPS) is 15.5. The van der Waals surface area contributed by atoms with Crippen LogP contribution in [0.3, 0.4) is 0 Å². The number of nitrogens with zero attached hydrogens (tertiary/aromatic N) is 1. The molecule has 0 fully saturated rings. The van der Waals surface area contributed by atoms with E-state index in [1.807, 2.05) is 44.4 Å². The lowest BCUT2D eigenvalue weighted by Crippen LogP contribution is -2.51. The van der Waals surface area contributed by atoms with Crippen molar-refractivity contribution in [2.24, 2.45) is 5.73 Å². The van der Waals surface area contributed by atoms with E-state index in [-0.39, 0.29) is 6.54 Å². The highest BCUT2D eigenvalue weighted by molar-refractivity contribution is 5.16. The van der Waals surface area contributed by atoms with Crippen LogP contribution in [-0.2, 0) is 6.42 Å². The molecular weight excluding hydrogens is 176 g/mol. The van der Waals surface area contributed by atoms with Gasteiger partial charge in [0.05, 0.1) is 0 Å². The summed E-state index contributed by atoms with van der Waals surface area (Å²) < 4.78 is 0. The van der Waals surface area contributed by atoms with Gasteiger partial charge in [0.2, 0.25) is 0 Å². The van der Waals surface area contributed by atoms with Crippen LogP contribution in [0.4, 0.5) is 0 Å².